The van der Waals surface area contributed by atoms with Crippen LogP contribution < -0.4 is 0 Å². The fourth-order valence-electron chi connectivity index (χ4n) is 1.02. The molecule has 0 N–H and O–H groups in total. The molecule has 1 unspecified atom stereocenters. The third kappa shape index (κ3) is 3.05. The van der Waals surface area contributed by atoms with Crippen LogP contribution in [0.1, 0.15) is 36.9 Å². The van der Waals surface area contributed by atoms with E-state index in [0.29, 0.717) is 14.3 Å². The van der Waals surface area contributed by atoms with Gasteiger partial charge in [0.2, 0.25) is 0 Å². The van der Waals surface area contributed by atoms with E-state index in [1.807, 2.05) is 13.8 Å². The van der Waals surface area contributed by atoms with Crippen LogP contribution in [-0.2, 0) is 0 Å². The van der Waals surface area contributed by atoms with Gasteiger partial charge in [0.15, 0.2) is 5.78 Å². The van der Waals surface area contributed by atoms with E-state index in [2.05, 4.69) is 0 Å². The Labute approximate surface area is 102 Å². The maximum absolute atomic E-state index is 11.2. The molecule has 0 aliphatic rings. The summed E-state index contributed by atoms with van der Waals surface area (Å²) in [6, 6.07) is 1.37. The zero-order valence-corrected chi connectivity index (χ0v) is 11.0. The standard InChI is InChI=1S/C10H13NO3S2/c1-4-6(2)15-10-8(11(13)14)5-9(16-10)7(3)12/h5-6H,4H2,1-3H3. The van der Waals surface area contributed by atoms with Crippen LogP contribution in [0.3, 0.4) is 0 Å². The first kappa shape index (κ1) is 13.2. The topological polar surface area (TPSA) is 60.2 Å². The zero-order valence-electron chi connectivity index (χ0n) is 9.35. The summed E-state index contributed by atoms with van der Waals surface area (Å²) in [5.74, 6) is -0.121. The minimum absolute atomic E-state index is 0.0560. The van der Waals surface area contributed by atoms with Crippen molar-refractivity contribution in [3.8, 4) is 0 Å². The average molecular weight is 259 g/mol. The second-order valence-corrected chi connectivity index (χ2v) is 6.19. The van der Waals surface area contributed by atoms with E-state index in [-0.39, 0.29) is 11.5 Å². The fourth-order valence-corrected chi connectivity index (χ4v) is 3.51. The minimum Gasteiger partial charge on any atom is -0.294 e. The van der Waals surface area contributed by atoms with Crippen LogP contribution in [-0.4, -0.2) is 16.0 Å². The molecule has 0 saturated heterocycles. The van der Waals surface area contributed by atoms with Gasteiger partial charge in [0.25, 0.3) is 5.69 Å². The van der Waals surface area contributed by atoms with E-state index in [9.17, 15) is 14.9 Å². The van der Waals surface area contributed by atoms with Crippen molar-refractivity contribution in [1.82, 2.24) is 0 Å². The number of Topliss-reactive ketones (excluding diaryl/α,β-unsaturated/α-hetero) is 1. The summed E-state index contributed by atoms with van der Waals surface area (Å²) in [5, 5.41) is 11.1. The van der Waals surface area contributed by atoms with Gasteiger partial charge in [0, 0.05) is 11.3 Å². The lowest BCUT2D eigenvalue weighted by atomic mass is 10.3. The van der Waals surface area contributed by atoms with Crippen molar-refractivity contribution >= 4 is 34.6 Å². The van der Waals surface area contributed by atoms with Crippen LogP contribution >= 0.6 is 23.1 Å². The molecule has 0 spiro atoms. The normalized spacial score (nSPS) is 12.4. The van der Waals surface area contributed by atoms with Crippen LogP contribution in [0.2, 0.25) is 0 Å². The van der Waals surface area contributed by atoms with Gasteiger partial charge in [0.05, 0.1) is 9.80 Å². The molecule has 0 aliphatic heterocycles. The van der Waals surface area contributed by atoms with E-state index < -0.39 is 4.92 Å². The fraction of sp³-hybridized carbons (Fsp3) is 0.500. The minimum atomic E-state index is -0.423. The van der Waals surface area contributed by atoms with Crippen molar-refractivity contribution in [3.63, 3.8) is 0 Å². The van der Waals surface area contributed by atoms with Crippen molar-refractivity contribution in [3.05, 3.63) is 21.1 Å². The van der Waals surface area contributed by atoms with Crippen molar-refractivity contribution in [1.29, 1.82) is 0 Å². The number of carbonyl (C=O) groups is 1. The Morgan fingerprint density at radius 2 is 2.31 bits per heavy atom. The summed E-state index contributed by atoms with van der Waals surface area (Å²) in [4.78, 5) is 22.0. The quantitative estimate of drug-likeness (QED) is 0.350. The molecule has 0 aromatic carbocycles. The molecule has 0 aliphatic carbocycles. The molecule has 1 rings (SSSR count). The molecule has 1 aromatic rings. The van der Waals surface area contributed by atoms with Crippen molar-refractivity contribution < 1.29 is 9.72 Å². The Bertz CT molecular complexity index is 414. The van der Waals surface area contributed by atoms with Gasteiger partial charge < -0.3 is 0 Å². The van der Waals surface area contributed by atoms with Gasteiger partial charge in [-0.25, -0.2) is 0 Å². The molecule has 0 amide bonds. The molecule has 88 valence electrons. The van der Waals surface area contributed by atoms with Crippen LogP contribution in [0, 0.1) is 10.1 Å². The predicted octanol–water partition coefficient (Wildman–Crippen LogP) is 3.75. The molecular formula is C10H13NO3S2. The van der Waals surface area contributed by atoms with Gasteiger partial charge >= 0.3 is 0 Å². The highest BCUT2D eigenvalue weighted by atomic mass is 32.2. The highest BCUT2D eigenvalue weighted by Gasteiger charge is 2.22. The summed E-state index contributed by atoms with van der Waals surface area (Å²) in [6.45, 7) is 5.47. The number of hydrogen-bond donors (Lipinski definition) is 0. The summed E-state index contributed by atoms with van der Waals surface area (Å²) >= 11 is 2.67. The lowest BCUT2D eigenvalue weighted by Gasteiger charge is -2.04. The molecule has 1 heterocycles. The van der Waals surface area contributed by atoms with Gasteiger partial charge in [-0.1, -0.05) is 13.8 Å². The largest absolute Gasteiger partial charge is 0.294 e. The smallest absolute Gasteiger partial charge is 0.294 e. The van der Waals surface area contributed by atoms with E-state index in [1.165, 1.54) is 36.1 Å². The summed E-state index contributed by atoms with van der Waals surface area (Å²) in [7, 11) is 0. The molecule has 0 radical (unpaired) electrons. The van der Waals surface area contributed by atoms with Gasteiger partial charge in [-0.2, -0.15) is 0 Å². The van der Waals surface area contributed by atoms with Crippen LogP contribution in [0.5, 0.6) is 0 Å². The summed E-state index contributed by atoms with van der Waals surface area (Å²) in [5.41, 5.74) is 0.0560. The van der Waals surface area contributed by atoms with Crippen LogP contribution in [0.15, 0.2) is 10.3 Å². The number of nitro groups is 1. The highest BCUT2D eigenvalue weighted by molar-refractivity contribution is 8.01. The second kappa shape index (κ2) is 5.45. The molecule has 16 heavy (non-hydrogen) atoms. The predicted molar refractivity (Wildman–Crippen MR) is 66.6 cm³/mol. The molecular weight excluding hydrogens is 246 g/mol. The number of carbonyl (C=O) groups excluding carboxylic acids is 1. The molecule has 6 heteroatoms. The monoisotopic (exact) mass is 259 g/mol. The van der Waals surface area contributed by atoms with Crippen molar-refractivity contribution in [2.24, 2.45) is 0 Å². The van der Waals surface area contributed by atoms with Crippen LogP contribution in [0.25, 0.3) is 0 Å². The Morgan fingerprint density at radius 1 is 1.69 bits per heavy atom. The number of rotatable bonds is 5. The molecule has 1 aromatic heterocycles. The summed E-state index contributed by atoms with van der Waals surface area (Å²) < 4.78 is 0.629. The van der Waals surface area contributed by atoms with Crippen LogP contribution in [0.4, 0.5) is 5.69 Å². The van der Waals surface area contributed by atoms with Crippen molar-refractivity contribution in [2.75, 3.05) is 0 Å². The lowest BCUT2D eigenvalue weighted by molar-refractivity contribution is -0.387. The number of ketones is 1. The second-order valence-electron chi connectivity index (χ2n) is 3.43. The summed E-state index contributed by atoms with van der Waals surface area (Å²) in [6.07, 6.45) is 0.940. The van der Waals surface area contributed by atoms with Gasteiger partial charge in [-0.3, -0.25) is 14.9 Å². The van der Waals surface area contributed by atoms with Gasteiger partial charge in [-0.05, 0) is 13.3 Å². The first-order chi connectivity index (χ1) is 7.45. The molecule has 4 nitrogen and oxygen atoms in total. The number of thiophene rings is 1. The first-order valence-corrected chi connectivity index (χ1v) is 6.61. The Morgan fingerprint density at radius 3 is 2.75 bits per heavy atom. The lowest BCUT2D eigenvalue weighted by Crippen LogP contribution is -1.93. The Balaban J connectivity index is 3.05. The third-order valence-electron chi connectivity index (χ3n) is 2.11. The van der Waals surface area contributed by atoms with E-state index >= 15 is 0 Å². The Hall–Kier alpha value is -0.880. The Kier molecular flexibility index (Phi) is 4.49. The maximum Gasteiger partial charge on any atom is 0.294 e. The first-order valence-electron chi connectivity index (χ1n) is 4.91. The zero-order chi connectivity index (χ0) is 12.3. The third-order valence-corrected chi connectivity index (χ3v) is 4.82. The average Bonchev–Trinajstić information content (AvgIpc) is 2.61. The SMILES string of the molecule is CCC(C)Sc1sc(C(C)=O)cc1[N+](=O)[O-]. The van der Waals surface area contributed by atoms with E-state index in [4.69, 9.17) is 0 Å². The van der Waals surface area contributed by atoms with Gasteiger partial charge in [0.1, 0.15) is 4.21 Å². The van der Waals surface area contributed by atoms with Gasteiger partial charge in [-0.15, -0.1) is 23.1 Å². The van der Waals surface area contributed by atoms with Crippen molar-refractivity contribution in [2.45, 2.75) is 36.7 Å². The number of thioether (sulfide) groups is 1. The molecule has 0 fully saturated rings. The number of nitrogens with zero attached hydrogens (tertiary/aromatic N) is 1. The maximum atomic E-state index is 11.2. The molecule has 0 saturated carbocycles. The molecule has 1 atom stereocenters. The van der Waals surface area contributed by atoms with E-state index in [1.54, 1.807) is 0 Å². The van der Waals surface area contributed by atoms with E-state index in [0.717, 1.165) is 6.42 Å². The highest BCUT2D eigenvalue weighted by Crippen LogP contribution is 2.40. The number of hydrogen-bond acceptors (Lipinski definition) is 5. The molecule has 0 bridgehead atoms.